The van der Waals surface area contributed by atoms with Gasteiger partial charge in [0.15, 0.2) is 11.5 Å². The van der Waals surface area contributed by atoms with Crippen LogP contribution in [-0.2, 0) is 10.8 Å². The third-order valence-corrected chi connectivity index (χ3v) is 6.63. The summed E-state index contributed by atoms with van der Waals surface area (Å²) in [5.74, 6) is 2.24. The topological polar surface area (TPSA) is 60.7 Å². The maximum absolute atomic E-state index is 10.8. The minimum absolute atomic E-state index is 0.0407. The number of aromatic hydroxyl groups is 3. The SMILES string of the molecule is CC(C)(C)c1cc(O)c(C23CC4CC(CC(C4)C2)C3)c(O)c1O. The predicted molar refractivity (Wildman–Crippen MR) is 90.0 cm³/mol. The molecule has 126 valence electrons. The summed E-state index contributed by atoms with van der Waals surface area (Å²) in [6.45, 7) is 5.93. The van der Waals surface area contributed by atoms with Gasteiger partial charge in [0.25, 0.3) is 0 Å². The van der Waals surface area contributed by atoms with E-state index in [4.69, 9.17) is 0 Å². The van der Waals surface area contributed by atoms with Gasteiger partial charge in [-0.1, -0.05) is 20.8 Å². The van der Waals surface area contributed by atoms with Gasteiger partial charge < -0.3 is 15.3 Å². The first-order valence-electron chi connectivity index (χ1n) is 8.98. The molecule has 5 rings (SSSR count). The second-order valence-electron chi connectivity index (χ2n) is 9.46. The highest BCUT2D eigenvalue weighted by molar-refractivity contribution is 5.61. The van der Waals surface area contributed by atoms with E-state index >= 15 is 0 Å². The van der Waals surface area contributed by atoms with Crippen LogP contribution >= 0.6 is 0 Å². The minimum Gasteiger partial charge on any atom is -0.507 e. The molecule has 0 aromatic heterocycles. The molecule has 0 aliphatic heterocycles. The van der Waals surface area contributed by atoms with Crippen molar-refractivity contribution in [3.05, 3.63) is 17.2 Å². The molecule has 3 nitrogen and oxygen atoms in total. The largest absolute Gasteiger partial charge is 0.507 e. The zero-order valence-electron chi connectivity index (χ0n) is 14.4. The maximum Gasteiger partial charge on any atom is 0.165 e. The molecule has 1 aromatic carbocycles. The number of hydrogen-bond donors (Lipinski definition) is 3. The molecule has 0 unspecified atom stereocenters. The van der Waals surface area contributed by atoms with Gasteiger partial charge in [-0.3, -0.25) is 0 Å². The molecular weight excluding hydrogens is 288 g/mol. The molecule has 0 atom stereocenters. The second kappa shape index (κ2) is 4.58. The van der Waals surface area contributed by atoms with E-state index in [1.807, 2.05) is 20.8 Å². The summed E-state index contributed by atoms with van der Waals surface area (Å²) in [4.78, 5) is 0. The van der Waals surface area contributed by atoms with Crippen LogP contribution in [0.4, 0.5) is 0 Å². The minimum atomic E-state index is -0.320. The average molecular weight is 316 g/mol. The molecule has 0 amide bonds. The van der Waals surface area contributed by atoms with E-state index in [1.165, 1.54) is 19.3 Å². The smallest absolute Gasteiger partial charge is 0.165 e. The molecule has 4 saturated carbocycles. The van der Waals surface area contributed by atoms with E-state index in [-0.39, 0.29) is 28.1 Å². The summed E-state index contributed by atoms with van der Waals surface area (Å²) >= 11 is 0. The van der Waals surface area contributed by atoms with Crippen molar-refractivity contribution in [2.24, 2.45) is 17.8 Å². The lowest BCUT2D eigenvalue weighted by molar-refractivity contribution is -0.00729. The van der Waals surface area contributed by atoms with Gasteiger partial charge in [-0.25, -0.2) is 0 Å². The first-order chi connectivity index (χ1) is 10.7. The van der Waals surface area contributed by atoms with Crippen LogP contribution in [0.2, 0.25) is 0 Å². The molecule has 4 aliphatic carbocycles. The van der Waals surface area contributed by atoms with E-state index in [9.17, 15) is 15.3 Å². The number of benzene rings is 1. The lowest BCUT2D eigenvalue weighted by Gasteiger charge is -2.57. The van der Waals surface area contributed by atoms with Crippen molar-refractivity contribution in [2.45, 2.75) is 70.1 Å². The first kappa shape index (κ1) is 15.2. The monoisotopic (exact) mass is 316 g/mol. The Hall–Kier alpha value is -1.38. The summed E-state index contributed by atoms with van der Waals surface area (Å²) < 4.78 is 0. The standard InChI is InChI=1S/C20H28O3/c1-19(2,3)14-7-15(21)16(18(23)17(14)22)20-8-11-4-12(9-20)6-13(5-11)10-20/h7,11-13,21-23H,4-6,8-10H2,1-3H3. The van der Waals surface area contributed by atoms with Crippen LogP contribution < -0.4 is 0 Å². The highest BCUT2D eigenvalue weighted by Crippen LogP contribution is 2.64. The Kier molecular flexibility index (Phi) is 3.02. The maximum atomic E-state index is 10.8. The number of rotatable bonds is 1. The fourth-order valence-electron chi connectivity index (χ4n) is 6.16. The first-order valence-corrected chi connectivity index (χ1v) is 8.98. The van der Waals surface area contributed by atoms with Crippen LogP contribution in [0.5, 0.6) is 17.2 Å². The van der Waals surface area contributed by atoms with Crippen molar-refractivity contribution in [3.63, 3.8) is 0 Å². The van der Waals surface area contributed by atoms with Crippen LogP contribution in [0.3, 0.4) is 0 Å². The number of phenolic OH excluding ortho intramolecular Hbond substituents is 3. The molecule has 0 radical (unpaired) electrons. The van der Waals surface area contributed by atoms with E-state index < -0.39 is 0 Å². The van der Waals surface area contributed by atoms with E-state index in [1.54, 1.807) is 6.07 Å². The van der Waals surface area contributed by atoms with Crippen LogP contribution in [0.1, 0.15) is 70.4 Å². The molecule has 4 aliphatic rings. The third kappa shape index (κ3) is 2.15. The summed E-state index contributed by atoms with van der Waals surface area (Å²) in [6.07, 6.45) is 7.09. The fourth-order valence-corrected chi connectivity index (χ4v) is 6.16. The summed E-state index contributed by atoms with van der Waals surface area (Å²) in [5.41, 5.74) is 0.790. The van der Waals surface area contributed by atoms with Crippen LogP contribution in [0.25, 0.3) is 0 Å². The Balaban J connectivity index is 1.85. The summed E-state index contributed by atoms with van der Waals surface area (Å²) in [6, 6.07) is 1.68. The van der Waals surface area contributed by atoms with E-state index in [0.717, 1.165) is 37.0 Å². The van der Waals surface area contributed by atoms with Crippen molar-refractivity contribution in [3.8, 4) is 17.2 Å². The lowest BCUT2D eigenvalue weighted by Crippen LogP contribution is -2.48. The second-order valence-corrected chi connectivity index (χ2v) is 9.46. The highest BCUT2D eigenvalue weighted by Gasteiger charge is 2.53. The molecule has 3 N–H and O–H groups in total. The normalized spacial score (nSPS) is 35.7. The average Bonchev–Trinajstić information content (AvgIpc) is 2.40. The van der Waals surface area contributed by atoms with Crippen molar-refractivity contribution in [1.29, 1.82) is 0 Å². The van der Waals surface area contributed by atoms with Crippen molar-refractivity contribution in [2.75, 3.05) is 0 Å². The Morgan fingerprint density at radius 2 is 1.35 bits per heavy atom. The number of hydrogen-bond acceptors (Lipinski definition) is 3. The third-order valence-electron chi connectivity index (χ3n) is 6.63. The molecule has 0 heterocycles. The molecule has 3 heteroatoms. The predicted octanol–water partition coefficient (Wildman–Crippen LogP) is 4.57. The highest BCUT2D eigenvalue weighted by atomic mass is 16.3. The van der Waals surface area contributed by atoms with Crippen LogP contribution in [0, 0.1) is 17.8 Å². The van der Waals surface area contributed by atoms with Gasteiger partial charge in [-0.2, -0.15) is 0 Å². The molecule has 1 aromatic rings. The molecule has 4 bridgehead atoms. The van der Waals surface area contributed by atoms with Gasteiger partial charge in [0, 0.05) is 16.5 Å². The zero-order valence-corrected chi connectivity index (χ0v) is 14.4. The van der Waals surface area contributed by atoms with Gasteiger partial charge in [0.05, 0.1) is 0 Å². The Bertz CT molecular complexity index is 619. The van der Waals surface area contributed by atoms with Crippen molar-refractivity contribution < 1.29 is 15.3 Å². The zero-order chi connectivity index (χ0) is 16.6. The Morgan fingerprint density at radius 1 is 0.870 bits per heavy atom. The van der Waals surface area contributed by atoms with Crippen molar-refractivity contribution in [1.82, 2.24) is 0 Å². The van der Waals surface area contributed by atoms with Crippen molar-refractivity contribution >= 4 is 0 Å². The van der Waals surface area contributed by atoms with Crippen LogP contribution in [0.15, 0.2) is 6.07 Å². The van der Waals surface area contributed by atoms with Gasteiger partial charge >= 0.3 is 0 Å². The van der Waals surface area contributed by atoms with Crippen LogP contribution in [-0.4, -0.2) is 15.3 Å². The molecular formula is C20H28O3. The number of phenols is 3. The van der Waals surface area contributed by atoms with E-state index in [2.05, 4.69) is 0 Å². The fraction of sp³-hybridized carbons (Fsp3) is 0.700. The molecule has 0 spiro atoms. The molecule has 23 heavy (non-hydrogen) atoms. The van der Waals surface area contributed by atoms with E-state index in [0.29, 0.717) is 11.1 Å². The van der Waals surface area contributed by atoms with Gasteiger partial charge in [-0.05, 0) is 67.8 Å². The summed E-state index contributed by atoms with van der Waals surface area (Å²) in [5, 5.41) is 32.1. The quantitative estimate of drug-likeness (QED) is 0.525. The summed E-state index contributed by atoms with van der Waals surface area (Å²) in [7, 11) is 0. The van der Waals surface area contributed by atoms with Gasteiger partial charge in [-0.15, -0.1) is 0 Å². The lowest BCUT2D eigenvalue weighted by atomic mass is 9.47. The van der Waals surface area contributed by atoms with Gasteiger partial charge in [0.2, 0.25) is 0 Å². The molecule has 0 saturated heterocycles. The Labute approximate surface area is 138 Å². The van der Waals surface area contributed by atoms with Gasteiger partial charge in [0.1, 0.15) is 5.75 Å². The Morgan fingerprint density at radius 3 is 1.78 bits per heavy atom. The molecule has 4 fully saturated rings.